The highest BCUT2D eigenvalue weighted by atomic mass is 127. The first-order valence-electron chi connectivity index (χ1n) is 5.63. The molecule has 0 N–H and O–H groups in total. The highest BCUT2D eigenvalue weighted by molar-refractivity contribution is 14.1. The van der Waals surface area contributed by atoms with Crippen LogP contribution in [0.3, 0.4) is 0 Å². The van der Waals surface area contributed by atoms with Gasteiger partial charge in [0.05, 0.1) is 5.02 Å². The number of rotatable bonds is 6. The second-order valence-electron chi connectivity index (χ2n) is 3.86. The van der Waals surface area contributed by atoms with Crippen LogP contribution >= 0.6 is 34.2 Å². The molecule has 0 atom stereocenters. The van der Waals surface area contributed by atoms with E-state index in [4.69, 9.17) is 11.6 Å². The summed E-state index contributed by atoms with van der Waals surface area (Å²) >= 11 is 8.14. The van der Waals surface area contributed by atoms with E-state index in [1.54, 1.807) is 6.07 Å². The van der Waals surface area contributed by atoms with Crippen molar-refractivity contribution in [1.82, 2.24) is 0 Å². The van der Waals surface area contributed by atoms with Crippen LogP contribution in [-0.2, 0) is 0 Å². The minimum absolute atomic E-state index is 0.203. The van der Waals surface area contributed by atoms with Gasteiger partial charge in [-0.1, -0.05) is 43.9 Å². The highest BCUT2D eigenvalue weighted by Gasteiger charge is 2.07. The molecule has 16 heavy (non-hydrogen) atoms. The van der Waals surface area contributed by atoms with Gasteiger partial charge in [0.1, 0.15) is 0 Å². The molecule has 0 aromatic heterocycles. The number of carbonyl (C=O) groups is 1. The molecule has 0 saturated carbocycles. The van der Waals surface area contributed by atoms with Crippen LogP contribution in [0.4, 0.5) is 0 Å². The molecule has 3 heteroatoms. The van der Waals surface area contributed by atoms with Crippen molar-refractivity contribution in [3.8, 4) is 0 Å². The summed E-state index contributed by atoms with van der Waals surface area (Å²) in [5.74, 6) is 0.203. The quantitative estimate of drug-likeness (QED) is 0.396. The molecule has 0 spiro atoms. The van der Waals surface area contributed by atoms with Crippen molar-refractivity contribution in [3.63, 3.8) is 0 Å². The molecule has 88 valence electrons. The van der Waals surface area contributed by atoms with Crippen LogP contribution in [0.5, 0.6) is 0 Å². The lowest BCUT2D eigenvalue weighted by Gasteiger charge is -2.02. The summed E-state index contributed by atoms with van der Waals surface area (Å²) in [5.41, 5.74) is 0.738. The number of halogens is 2. The molecule has 1 nitrogen and oxygen atoms in total. The second-order valence-corrected chi connectivity index (χ2v) is 5.43. The predicted molar refractivity (Wildman–Crippen MR) is 77.3 cm³/mol. The lowest BCUT2D eigenvalue weighted by atomic mass is 10.0. The van der Waals surface area contributed by atoms with Crippen molar-refractivity contribution >= 4 is 40.0 Å². The molecule has 0 heterocycles. The number of benzene rings is 1. The molecule has 1 aromatic carbocycles. The van der Waals surface area contributed by atoms with Crippen molar-refractivity contribution in [2.75, 3.05) is 0 Å². The fourth-order valence-electron chi connectivity index (χ4n) is 1.53. The summed E-state index contributed by atoms with van der Waals surface area (Å²) in [6.45, 7) is 2.17. The Morgan fingerprint density at radius 3 is 2.69 bits per heavy atom. The molecule has 0 unspecified atom stereocenters. The van der Waals surface area contributed by atoms with Gasteiger partial charge in [-0.25, -0.2) is 0 Å². The fraction of sp³-hybridized carbons (Fsp3) is 0.462. The first kappa shape index (κ1) is 14.0. The van der Waals surface area contributed by atoms with E-state index < -0.39 is 0 Å². The van der Waals surface area contributed by atoms with E-state index in [0.29, 0.717) is 11.4 Å². The molecule has 0 saturated heterocycles. The standard InChI is InChI=1S/C13H16ClIO/c1-2-3-4-5-6-13(16)10-7-8-12(15)11(14)9-10/h7-9H,2-6H2,1H3. The third kappa shape index (κ3) is 4.42. The number of unbranched alkanes of at least 4 members (excludes halogenated alkanes) is 3. The predicted octanol–water partition coefficient (Wildman–Crippen LogP) is 5.10. The van der Waals surface area contributed by atoms with Gasteiger partial charge in [0.15, 0.2) is 5.78 Å². The molecule has 0 amide bonds. The van der Waals surface area contributed by atoms with Crippen LogP contribution in [0, 0.1) is 3.57 Å². The first-order valence-corrected chi connectivity index (χ1v) is 7.09. The van der Waals surface area contributed by atoms with E-state index in [9.17, 15) is 4.79 Å². The van der Waals surface area contributed by atoms with Crippen molar-refractivity contribution in [2.45, 2.75) is 39.0 Å². The van der Waals surface area contributed by atoms with E-state index in [2.05, 4.69) is 29.5 Å². The highest BCUT2D eigenvalue weighted by Crippen LogP contribution is 2.20. The molecule has 1 rings (SSSR count). The van der Waals surface area contributed by atoms with Crippen LogP contribution in [0.15, 0.2) is 18.2 Å². The minimum Gasteiger partial charge on any atom is -0.294 e. The lowest BCUT2D eigenvalue weighted by Crippen LogP contribution is -1.99. The average molecular weight is 351 g/mol. The monoisotopic (exact) mass is 350 g/mol. The minimum atomic E-state index is 0.203. The Morgan fingerprint density at radius 2 is 2.06 bits per heavy atom. The number of carbonyl (C=O) groups excluding carboxylic acids is 1. The summed E-state index contributed by atoms with van der Waals surface area (Å²) in [7, 11) is 0. The fourth-order valence-corrected chi connectivity index (χ4v) is 2.04. The topological polar surface area (TPSA) is 17.1 Å². The zero-order valence-electron chi connectivity index (χ0n) is 9.43. The van der Waals surface area contributed by atoms with Crippen LogP contribution in [0.2, 0.25) is 5.02 Å². The molecule has 0 fully saturated rings. The number of hydrogen-bond donors (Lipinski definition) is 0. The summed E-state index contributed by atoms with van der Waals surface area (Å²) < 4.78 is 0.988. The second kappa shape index (κ2) is 7.28. The number of Topliss-reactive ketones (excluding diaryl/α,β-unsaturated/α-hetero) is 1. The zero-order valence-corrected chi connectivity index (χ0v) is 12.3. The van der Waals surface area contributed by atoms with Gasteiger partial charge < -0.3 is 0 Å². The van der Waals surface area contributed by atoms with E-state index in [1.165, 1.54) is 12.8 Å². The summed E-state index contributed by atoms with van der Waals surface area (Å²) in [6.07, 6.45) is 5.16. The maximum absolute atomic E-state index is 11.8. The molecule has 0 aliphatic carbocycles. The van der Waals surface area contributed by atoms with E-state index >= 15 is 0 Å². The molecular formula is C13H16ClIO. The van der Waals surface area contributed by atoms with Crippen molar-refractivity contribution in [2.24, 2.45) is 0 Å². The Hall–Kier alpha value is -0.0900. The third-order valence-corrected chi connectivity index (χ3v) is 4.07. The Morgan fingerprint density at radius 1 is 1.31 bits per heavy atom. The summed E-state index contributed by atoms with van der Waals surface area (Å²) in [4.78, 5) is 11.8. The smallest absolute Gasteiger partial charge is 0.162 e. The van der Waals surface area contributed by atoms with Gasteiger partial charge in [-0.3, -0.25) is 4.79 Å². The summed E-state index contributed by atoms with van der Waals surface area (Å²) in [5, 5.41) is 0.667. The maximum Gasteiger partial charge on any atom is 0.162 e. The van der Waals surface area contributed by atoms with Gasteiger partial charge in [-0.05, 0) is 41.1 Å². The van der Waals surface area contributed by atoms with Crippen molar-refractivity contribution in [1.29, 1.82) is 0 Å². The van der Waals surface area contributed by atoms with Gasteiger partial charge in [-0.15, -0.1) is 0 Å². The molecule has 0 aliphatic heterocycles. The molecule has 1 aromatic rings. The molecule has 0 radical (unpaired) electrons. The molecule has 0 aliphatic rings. The van der Waals surface area contributed by atoms with Crippen LogP contribution in [0.1, 0.15) is 49.4 Å². The Kier molecular flexibility index (Phi) is 6.36. The third-order valence-electron chi connectivity index (χ3n) is 2.50. The van der Waals surface area contributed by atoms with E-state index in [-0.39, 0.29) is 5.78 Å². The van der Waals surface area contributed by atoms with Gasteiger partial charge in [0.2, 0.25) is 0 Å². The first-order chi connectivity index (χ1) is 7.65. The zero-order chi connectivity index (χ0) is 12.0. The van der Waals surface area contributed by atoms with Crippen LogP contribution in [-0.4, -0.2) is 5.78 Å². The van der Waals surface area contributed by atoms with E-state index in [0.717, 1.165) is 22.0 Å². The SMILES string of the molecule is CCCCCCC(=O)c1ccc(I)c(Cl)c1. The largest absolute Gasteiger partial charge is 0.294 e. The Labute approximate surface area is 116 Å². The van der Waals surface area contributed by atoms with Crippen LogP contribution in [0.25, 0.3) is 0 Å². The Bertz CT molecular complexity index is 363. The normalized spacial score (nSPS) is 10.4. The number of hydrogen-bond acceptors (Lipinski definition) is 1. The van der Waals surface area contributed by atoms with Crippen molar-refractivity contribution in [3.05, 3.63) is 32.4 Å². The maximum atomic E-state index is 11.8. The van der Waals surface area contributed by atoms with Gasteiger partial charge >= 0.3 is 0 Å². The van der Waals surface area contributed by atoms with Gasteiger partial charge in [-0.2, -0.15) is 0 Å². The van der Waals surface area contributed by atoms with Gasteiger partial charge in [0.25, 0.3) is 0 Å². The van der Waals surface area contributed by atoms with Crippen LogP contribution < -0.4 is 0 Å². The van der Waals surface area contributed by atoms with E-state index in [1.807, 2.05) is 12.1 Å². The Balaban J connectivity index is 2.50. The van der Waals surface area contributed by atoms with Gasteiger partial charge in [0, 0.05) is 15.6 Å². The summed E-state index contributed by atoms with van der Waals surface area (Å²) in [6, 6.07) is 5.52. The number of ketones is 1. The average Bonchev–Trinajstić information content (AvgIpc) is 2.28. The lowest BCUT2D eigenvalue weighted by molar-refractivity contribution is 0.0979. The van der Waals surface area contributed by atoms with Crippen molar-refractivity contribution < 1.29 is 4.79 Å². The molecule has 0 bridgehead atoms. The molecular weight excluding hydrogens is 334 g/mol.